The van der Waals surface area contributed by atoms with Gasteiger partial charge in [-0.3, -0.25) is 4.79 Å². The minimum Gasteiger partial charge on any atom is -0.362 e. The average molecular weight is 517 g/mol. The second-order valence-corrected chi connectivity index (χ2v) is 9.24. The Balaban J connectivity index is 1.70. The molecule has 0 spiro atoms. The van der Waals surface area contributed by atoms with Crippen molar-refractivity contribution in [2.45, 2.75) is 29.6 Å². The first-order valence-electron chi connectivity index (χ1n) is 8.88. The maximum atomic E-state index is 13.8. The average Bonchev–Trinajstić information content (AvgIpc) is 3.35. The lowest BCUT2D eigenvalue weighted by atomic mass is 10.0. The van der Waals surface area contributed by atoms with Crippen molar-refractivity contribution in [3.63, 3.8) is 0 Å². The van der Waals surface area contributed by atoms with Gasteiger partial charge in [-0.2, -0.15) is 18.3 Å². The Morgan fingerprint density at radius 1 is 1.33 bits per heavy atom. The van der Waals surface area contributed by atoms with Crippen LogP contribution in [0.1, 0.15) is 33.9 Å². The molecule has 0 fully saturated rings. The summed E-state index contributed by atoms with van der Waals surface area (Å²) in [5, 5.41) is 11.7. The van der Waals surface area contributed by atoms with Crippen LogP contribution >= 0.6 is 39.0 Å². The van der Waals surface area contributed by atoms with Crippen molar-refractivity contribution in [1.82, 2.24) is 9.78 Å². The second kappa shape index (κ2) is 8.27. The van der Waals surface area contributed by atoms with Crippen molar-refractivity contribution in [2.75, 3.05) is 16.9 Å². The largest absolute Gasteiger partial charge is 0.410 e. The lowest BCUT2D eigenvalue weighted by Gasteiger charge is -2.33. The Labute approximate surface area is 187 Å². The Morgan fingerprint density at radius 2 is 2.10 bits per heavy atom. The third-order valence-corrected chi connectivity index (χ3v) is 7.29. The van der Waals surface area contributed by atoms with Crippen LogP contribution in [0.5, 0.6) is 0 Å². The summed E-state index contributed by atoms with van der Waals surface area (Å²) in [6, 6.07) is 8.43. The topological polar surface area (TPSA) is 59.0 Å². The minimum absolute atomic E-state index is 0.102. The number of anilines is 2. The molecule has 0 aliphatic carbocycles. The molecule has 0 bridgehead atoms. The lowest BCUT2D eigenvalue weighted by Crippen LogP contribution is -2.35. The summed E-state index contributed by atoms with van der Waals surface area (Å²) in [7, 11) is 0. The fourth-order valence-corrected chi connectivity index (χ4v) is 5.24. The summed E-state index contributed by atoms with van der Waals surface area (Å²) >= 11 is 6.14. The van der Waals surface area contributed by atoms with E-state index in [1.807, 2.05) is 23.8 Å². The third-order valence-electron chi connectivity index (χ3n) is 4.75. The molecule has 0 saturated carbocycles. The minimum atomic E-state index is -4.50. The number of hydrogen-bond acceptors (Lipinski definition) is 5. The SMILES string of the molecule is CSc1ccccc1NC(=O)c1nn2c(c1Br)N[C@H](c1cccs1)C[C@H]2C(F)(F)F. The highest BCUT2D eigenvalue weighted by atomic mass is 79.9. The fourth-order valence-electron chi connectivity index (χ4n) is 3.34. The highest BCUT2D eigenvalue weighted by Gasteiger charge is 2.48. The number of rotatable bonds is 4. The monoisotopic (exact) mass is 516 g/mol. The van der Waals surface area contributed by atoms with Gasteiger partial charge in [0.2, 0.25) is 0 Å². The van der Waals surface area contributed by atoms with Gasteiger partial charge >= 0.3 is 6.18 Å². The Morgan fingerprint density at radius 3 is 2.77 bits per heavy atom. The first-order chi connectivity index (χ1) is 14.3. The zero-order valence-electron chi connectivity index (χ0n) is 15.5. The van der Waals surface area contributed by atoms with Crippen LogP contribution in [0.15, 0.2) is 51.1 Å². The molecular weight excluding hydrogens is 501 g/mol. The molecule has 2 aromatic heterocycles. The van der Waals surface area contributed by atoms with Crippen molar-refractivity contribution < 1.29 is 18.0 Å². The highest BCUT2D eigenvalue weighted by Crippen LogP contribution is 2.47. The number of nitrogens with one attached hydrogen (secondary N) is 2. The van der Waals surface area contributed by atoms with Crippen LogP contribution in [0.2, 0.25) is 0 Å². The van der Waals surface area contributed by atoms with E-state index in [2.05, 4.69) is 31.7 Å². The van der Waals surface area contributed by atoms with Crippen LogP contribution in [0.25, 0.3) is 0 Å². The van der Waals surface area contributed by atoms with Crippen molar-refractivity contribution >= 4 is 56.4 Å². The van der Waals surface area contributed by atoms with Crippen LogP contribution in [-0.2, 0) is 0 Å². The molecule has 0 saturated heterocycles. The molecule has 3 aromatic rings. The van der Waals surface area contributed by atoms with Gasteiger partial charge in [-0.1, -0.05) is 18.2 Å². The van der Waals surface area contributed by atoms with E-state index in [0.29, 0.717) is 5.69 Å². The molecule has 1 aliphatic heterocycles. The maximum Gasteiger partial charge on any atom is 0.410 e. The molecule has 11 heteroatoms. The van der Waals surface area contributed by atoms with Gasteiger partial charge in [0.1, 0.15) is 5.82 Å². The Kier molecular flexibility index (Phi) is 5.86. The summed E-state index contributed by atoms with van der Waals surface area (Å²) in [6.07, 6.45) is -2.84. The summed E-state index contributed by atoms with van der Waals surface area (Å²) < 4.78 is 42.5. The molecule has 3 heterocycles. The smallest absolute Gasteiger partial charge is 0.362 e. The number of aromatic nitrogens is 2. The van der Waals surface area contributed by atoms with Crippen molar-refractivity contribution in [2.24, 2.45) is 0 Å². The number of amides is 1. The zero-order chi connectivity index (χ0) is 21.5. The highest BCUT2D eigenvalue weighted by molar-refractivity contribution is 9.10. The van der Waals surface area contributed by atoms with Gasteiger partial charge in [0.15, 0.2) is 11.7 Å². The van der Waals surface area contributed by atoms with E-state index in [0.717, 1.165) is 14.5 Å². The van der Waals surface area contributed by atoms with Gasteiger partial charge in [0.25, 0.3) is 5.91 Å². The van der Waals surface area contributed by atoms with E-state index in [1.54, 1.807) is 24.3 Å². The van der Waals surface area contributed by atoms with Gasteiger partial charge in [-0.15, -0.1) is 23.1 Å². The number of hydrogen-bond donors (Lipinski definition) is 2. The molecule has 4 rings (SSSR count). The molecule has 1 aliphatic rings. The number of thiophene rings is 1. The normalized spacial score (nSPS) is 18.6. The number of fused-ring (bicyclic) bond motifs is 1. The Hall–Kier alpha value is -1.98. The molecule has 30 heavy (non-hydrogen) atoms. The van der Waals surface area contributed by atoms with E-state index >= 15 is 0 Å². The van der Waals surface area contributed by atoms with Gasteiger partial charge in [0, 0.05) is 16.2 Å². The standard InChI is InChI=1S/C19H16BrF3N4OS2/c1-29-12-6-3-2-5-10(12)25-18(28)16-15(20)17-24-11(13-7-4-8-30-13)9-14(19(21,22)23)27(17)26-16/h2-8,11,14,24H,9H2,1H3,(H,25,28)/t11-,14-/m0/s1. The molecule has 2 atom stereocenters. The quantitative estimate of drug-likeness (QED) is 0.397. The summed E-state index contributed by atoms with van der Waals surface area (Å²) in [4.78, 5) is 14.5. The van der Waals surface area contributed by atoms with Gasteiger partial charge in [-0.25, -0.2) is 4.68 Å². The molecule has 2 N–H and O–H groups in total. The molecule has 5 nitrogen and oxygen atoms in total. The molecule has 0 unspecified atom stereocenters. The first-order valence-corrected chi connectivity index (χ1v) is 11.8. The van der Waals surface area contributed by atoms with Crippen LogP contribution < -0.4 is 10.6 Å². The van der Waals surface area contributed by atoms with Crippen molar-refractivity contribution in [3.05, 3.63) is 56.8 Å². The van der Waals surface area contributed by atoms with Crippen molar-refractivity contribution in [1.29, 1.82) is 0 Å². The number of alkyl halides is 3. The van der Waals surface area contributed by atoms with E-state index < -0.39 is 24.2 Å². The molecule has 1 aromatic carbocycles. The number of carbonyl (C=O) groups is 1. The second-order valence-electron chi connectivity index (χ2n) is 6.62. The third kappa shape index (κ3) is 3.97. The molecular formula is C19H16BrF3N4OS2. The van der Waals surface area contributed by atoms with E-state index in [4.69, 9.17) is 0 Å². The maximum absolute atomic E-state index is 13.8. The lowest BCUT2D eigenvalue weighted by molar-refractivity contribution is -0.173. The predicted molar refractivity (Wildman–Crippen MR) is 116 cm³/mol. The fraction of sp³-hybridized carbons (Fsp3) is 0.263. The molecule has 158 valence electrons. The van der Waals surface area contributed by atoms with Gasteiger partial charge < -0.3 is 10.6 Å². The van der Waals surface area contributed by atoms with Crippen LogP contribution in [-0.4, -0.2) is 28.1 Å². The summed E-state index contributed by atoms with van der Waals surface area (Å²) in [5.74, 6) is -0.439. The number of thioether (sulfide) groups is 1. The van der Waals surface area contributed by atoms with Crippen LogP contribution in [0.4, 0.5) is 24.7 Å². The van der Waals surface area contributed by atoms with Crippen LogP contribution in [0.3, 0.4) is 0 Å². The van der Waals surface area contributed by atoms with Gasteiger partial charge in [-0.05, 0) is 45.8 Å². The molecule has 1 amide bonds. The van der Waals surface area contributed by atoms with E-state index in [1.165, 1.54) is 23.1 Å². The number of halogens is 4. The van der Waals surface area contributed by atoms with Crippen molar-refractivity contribution in [3.8, 4) is 0 Å². The summed E-state index contributed by atoms with van der Waals surface area (Å²) in [5.41, 5.74) is 0.471. The zero-order valence-corrected chi connectivity index (χ0v) is 18.8. The number of carbonyl (C=O) groups excluding carboxylic acids is 1. The number of para-hydroxylation sites is 1. The van der Waals surface area contributed by atoms with E-state index in [9.17, 15) is 18.0 Å². The first kappa shape index (κ1) is 21.3. The number of benzene rings is 1. The Bertz CT molecular complexity index is 1070. The van der Waals surface area contributed by atoms with E-state index in [-0.39, 0.29) is 22.4 Å². The van der Waals surface area contributed by atoms with Crippen LogP contribution in [0, 0.1) is 0 Å². The molecule has 0 radical (unpaired) electrons. The predicted octanol–water partition coefficient (Wildman–Crippen LogP) is 6.34. The number of nitrogens with zero attached hydrogens (tertiary/aromatic N) is 2. The summed E-state index contributed by atoms with van der Waals surface area (Å²) in [6.45, 7) is 0. The van der Waals surface area contributed by atoms with Gasteiger partial charge in [0.05, 0.1) is 16.2 Å².